The van der Waals surface area contributed by atoms with Gasteiger partial charge in [0, 0.05) is 12.7 Å². The summed E-state index contributed by atoms with van der Waals surface area (Å²) in [4.78, 5) is 12.3. The second-order valence-electron chi connectivity index (χ2n) is 6.04. The first kappa shape index (κ1) is 19.9. The van der Waals surface area contributed by atoms with Gasteiger partial charge in [-0.2, -0.15) is 4.31 Å². The van der Waals surface area contributed by atoms with E-state index < -0.39 is 15.9 Å². The number of rotatable bonds is 7. The summed E-state index contributed by atoms with van der Waals surface area (Å²) >= 11 is 0. The maximum absolute atomic E-state index is 12.7. The van der Waals surface area contributed by atoms with E-state index in [1.54, 1.807) is 25.1 Å². The average molecular weight is 376 g/mol. The van der Waals surface area contributed by atoms with E-state index >= 15 is 0 Å². The minimum atomic E-state index is -3.77. The minimum absolute atomic E-state index is 0.129. The largest absolute Gasteiger partial charge is 0.494 e. The van der Waals surface area contributed by atoms with Gasteiger partial charge >= 0.3 is 0 Å². The Morgan fingerprint density at radius 2 is 1.88 bits per heavy atom. The predicted molar refractivity (Wildman–Crippen MR) is 102 cm³/mol. The monoisotopic (exact) mass is 376 g/mol. The zero-order valence-electron chi connectivity index (χ0n) is 15.4. The number of ether oxygens (including phenoxy) is 1. The fraction of sp³-hybridized carbons (Fsp3) is 0.316. The van der Waals surface area contributed by atoms with Crippen molar-refractivity contribution in [2.24, 2.45) is 0 Å². The Morgan fingerprint density at radius 1 is 1.15 bits per heavy atom. The van der Waals surface area contributed by atoms with E-state index in [9.17, 15) is 13.2 Å². The lowest BCUT2D eigenvalue weighted by Crippen LogP contribution is -2.35. The van der Waals surface area contributed by atoms with Crippen LogP contribution < -0.4 is 10.1 Å². The molecule has 0 unspecified atom stereocenters. The number of hydrogen-bond acceptors (Lipinski definition) is 4. The number of benzene rings is 2. The van der Waals surface area contributed by atoms with Gasteiger partial charge in [-0.15, -0.1) is 0 Å². The molecule has 140 valence electrons. The molecule has 0 aromatic heterocycles. The lowest BCUT2D eigenvalue weighted by Gasteiger charge is -2.18. The number of sulfonamides is 1. The molecule has 0 aliphatic heterocycles. The second kappa shape index (κ2) is 8.33. The molecule has 0 aliphatic rings. The van der Waals surface area contributed by atoms with E-state index in [-0.39, 0.29) is 11.4 Å². The number of amides is 1. The Kier molecular flexibility index (Phi) is 6.39. The molecule has 2 aromatic carbocycles. The summed E-state index contributed by atoms with van der Waals surface area (Å²) < 4.78 is 31.9. The first-order valence-corrected chi connectivity index (χ1v) is 9.74. The lowest BCUT2D eigenvalue weighted by atomic mass is 10.2. The van der Waals surface area contributed by atoms with Gasteiger partial charge in [0.15, 0.2) is 0 Å². The van der Waals surface area contributed by atoms with Gasteiger partial charge in [0.1, 0.15) is 5.75 Å². The Bertz CT molecular complexity index is 894. The number of likely N-dealkylation sites (N-methyl/N-ethyl adjacent to an activating group) is 1. The second-order valence-corrected chi connectivity index (χ2v) is 8.08. The van der Waals surface area contributed by atoms with Crippen LogP contribution in [0.4, 0.5) is 5.69 Å². The number of aryl methyl sites for hydroxylation is 2. The summed E-state index contributed by atoms with van der Waals surface area (Å²) in [6.07, 6.45) is 0. The molecule has 2 aromatic rings. The van der Waals surface area contributed by atoms with Crippen molar-refractivity contribution in [1.82, 2.24) is 4.31 Å². The molecule has 0 saturated carbocycles. The van der Waals surface area contributed by atoms with Crippen LogP contribution in [0, 0.1) is 13.8 Å². The van der Waals surface area contributed by atoms with Gasteiger partial charge in [-0.1, -0.05) is 12.1 Å². The van der Waals surface area contributed by atoms with Crippen molar-refractivity contribution in [3.8, 4) is 5.75 Å². The Balaban J connectivity index is 2.10. The molecule has 7 heteroatoms. The fourth-order valence-corrected chi connectivity index (χ4v) is 3.70. The van der Waals surface area contributed by atoms with Gasteiger partial charge in [-0.3, -0.25) is 4.79 Å². The van der Waals surface area contributed by atoms with Crippen LogP contribution in [0.2, 0.25) is 0 Å². The van der Waals surface area contributed by atoms with Crippen molar-refractivity contribution in [1.29, 1.82) is 0 Å². The summed E-state index contributed by atoms with van der Waals surface area (Å²) in [7, 11) is -2.39. The summed E-state index contributed by atoms with van der Waals surface area (Å²) in [5.41, 5.74) is 2.37. The standard InChI is InChI=1S/C19H24N2O4S/c1-5-25-18-10-9-17(12-15(18)3)26(23,24)21(4)13-19(22)20-16-8-6-7-14(2)11-16/h6-12H,5,13H2,1-4H3,(H,20,22). The van der Waals surface area contributed by atoms with Crippen molar-refractivity contribution in [3.05, 3.63) is 53.6 Å². The minimum Gasteiger partial charge on any atom is -0.494 e. The third-order valence-electron chi connectivity index (χ3n) is 3.82. The van der Waals surface area contributed by atoms with Gasteiger partial charge in [0.05, 0.1) is 18.0 Å². The molecule has 1 N–H and O–H groups in total. The first-order chi connectivity index (χ1) is 12.2. The Labute approximate surface area is 154 Å². The molecule has 0 bridgehead atoms. The van der Waals surface area contributed by atoms with E-state index in [1.807, 2.05) is 32.0 Å². The number of anilines is 1. The highest BCUT2D eigenvalue weighted by Crippen LogP contribution is 2.23. The normalized spacial score (nSPS) is 11.4. The molecule has 0 fully saturated rings. The van der Waals surface area contributed by atoms with E-state index in [0.29, 0.717) is 18.0 Å². The molecule has 2 rings (SSSR count). The highest BCUT2D eigenvalue weighted by molar-refractivity contribution is 7.89. The van der Waals surface area contributed by atoms with Crippen LogP contribution in [0.5, 0.6) is 5.75 Å². The molecule has 26 heavy (non-hydrogen) atoms. The smallest absolute Gasteiger partial charge is 0.243 e. The summed E-state index contributed by atoms with van der Waals surface area (Å²) in [5.74, 6) is 0.246. The number of carbonyl (C=O) groups is 1. The van der Waals surface area contributed by atoms with Crippen LogP contribution in [0.25, 0.3) is 0 Å². The van der Waals surface area contributed by atoms with Crippen LogP contribution in [0.15, 0.2) is 47.4 Å². The number of hydrogen-bond donors (Lipinski definition) is 1. The number of nitrogens with zero attached hydrogens (tertiary/aromatic N) is 1. The fourth-order valence-electron chi connectivity index (χ4n) is 2.49. The third kappa shape index (κ3) is 4.83. The van der Waals surface area contributed by atoms with Crippen molar-refractivity contribution in [2.45, 2.75) is 25.7 Å². The first-order valence-electron chi connectivity index (χ1n) is 8.30. The van der Waals surface area contributed by atoms with Crippen LogP contribution in [0.3, 0.4) is 0 Å². The SMILES string of the molecule is CCOc1ccc(S(=O)(=O)N(C)CC(=O)Nc2cccc(C)c2)cc1C. The molecule has 0 heterocycles. The maximum Gasteiger partial charge on any atom is 0.243 e. The van der Waals surface area contributed by atoms with E-state index in [0.717, 1.165) is 15.4 Å². The van der Waals surface area contributed by atoms with Crippen molar-refractivity contribution in [2.75, 3.05) is 25.5 Å². The molecule has 6 nitrogen and oxygen atoms in total. The molecule has 1 amide bonds. The lowest BCUT2D eigenvalue weighted by molar-refractivity contribution is -0.116. The molecule has 0 radical (unpaired) electrons. The topological polar surface area (TPSA) is 75.7 Å². The van der Waals surface area contributed by atoms with Crippen molar-refractivity contribution in [3.63, 3.8) is 0 Å². The Hall–Kier alpha value is -2.38. The zero-order valence-corrected chi connectivity index (χ0v) is 16.3. The predicted octanol–water partition coefficient (Wildman–Crippen LogP) is 2.96. The van der Waals surface area contributed by atoms with E-state index in [1.165, 1.54) is 13.1 Å². The Morgan fingerprint density at radius 3 is 2.50 bits per heavy atom. The molecule has 0 spiro atoms. The maximum atomic E-state index is 12.7. The highest BCUT2D eigenvalue weighted by Gasteiger charge is 2.23. The van der Waals surface area contributed by atoms with Crippen LogP contribution in [-0.4, -0.2) is 38.8 Å². The van der Waals surface area contributed by atoms with Gasteiger partial charge in [0.25, 0.3) is 0 Å². The van der Waals surface area contributed by atoms with Crippen LogP contribution in [-0.2, 0) is 14.8 Å². The quantitative estimate of drug-likeness (QED) is 0.806. The van der Waals surface area contributed by atoms with Gasteiger partial charge in [0.2, 0.25) is 15.9 Å². The van der Waals surface area contributed by atoms with Gasteiger partial charge in [-0.25, -0.2) is 8.42 Å². The summed E-state index contributed by atoms with van der Waals surface area (Å²) in [6, 6.07) is 12.0. The van der Waals surface area contributed by atoms with Crippen LogP contribution >= 0.6 is 0 Å². The molecule has 0 atom stereocenters. The van der Waals surface area contributed by atoms with Crippen molar-refractivity contribution >= 4 is 21.6 Å². The molecule has 0 saturated heterocycles. The van der Waals surface area contributed by atoms with Crippen LogP contribution in [0.1, 0.15) is 18.1 Å². The van der Waals surface area contributed by atoms with E-state index in [2.05, 4.69) is 5.32 Å². The molecular weight excluding hydrogens is 352 g/mol. The highest BCUT2D eigenvalue weighted by atomic mass is 32.2. The average Bonchev–Trinajstić information content (AvgIpc) is 2.56. The van der Waals surface area contributed by atoms with E-state index in [4.69, 9.17) is 4.74 Å². The number of nitrogens with one attached hydrogen (secondary N) is 1. The zero-order chi connectivity index (χ0) is 19.3. The molecular formula is C19H24N2O4S. The van der Waals surface area contributed by atoms with Crippen molar-refractivity contribution < 1.29 is 17.9 Å². The van der Waals surface area contributed by atoms with Gasteiger partial charge in [-0.05, 0) is 62.2 Å². The van der Waals surface area contributed by atoms with Gasteiger partial charge < -0.3 is 10.1 Å². The number of carbonyl (C=O) groups excluding carboxylic acids is 1. The third-order valence-corrected chi connectivity index (χ3v) is 5.62. The molecule has 0 aliphatic carbocycles. The summed E-state index contributed by atoms with van der Waals surface area (Å²) in [6.45, 7) is 5.80. The summed E-state index contributed by atoms with van der Waals surface area (Å²) in [5, 5.41) is 2.71.